The third kappa shape index (κ3) is 3.43. The predicted octanol–water partition coefficient (Wildman–Crippen LogP) is 2.44. The van der Waals surface area contributed by atoms with E-state index < -0.39 is 5.82 Å². The average molecular weight is 338 g/mol. The first-order chi connectivity index (χ1) is 8.08. The van der Waals surface area contributed by atoms with E-state index in [2.05, 4.69) is 21.2 Å². The molecule has 1 fully saturated rings. The highest BCUT2D eigenvalue weighted by Gasteiger charge is 2.23. The summed E-state index contributed by atoms with van der Waals surface area (Å²) >= 11 is 3.25. The van der Waals surface area contributed by atoms with Gasteiger partial charge in [0.2, 0.25) is 0 Å². The van der Waals surface area contributed by atoms with Crippen LogP contribution in [0.15, 0.2) is 22.7 Å². The van der Waals surface area contributed by atoms with Crippen molar-refractivity contribution in [2.24, 2.45) is 0 Å². The zero-order valence-electron chi connectivity index (χ0n) is 9.95. The third-order valence-corrected chi connectivity index (χ3v) is 3.31. The van der Waals surface area contributed by atoms with Gasteiger partial charge in [0.05, 0.1) is 5.56 Å². The Labute approximate surface area is 120 Å². The molecule has 1 aromatic carbocycles. The quantitative estimate of drug-likeness (QED) is 0.854. The SMILES string of the molecule is C[C@H]1CN(C(=O)c2cc(Br)ccc2F)CCN1.Cl. The van der Waals surface area contributed by atoms with Crippen molar-refractivity contribution in [2.75, 3.05) is 19.6 Å². The van der Waals surface area contributed by atoms with Crippen LogP contribution in [-0.4, -0.2) is 36.5 Å². The first-order valence-corrected chi connectivity index (χ1v) is 6.35. The third-order valence-electron chi connectivity index (χ3n) is 2.81. The molecule has 1 aliphatic heterocycles. The smallest absolute Gasteiger partial charge is 0.256 e. The summed E-state index contributed by atoms with van der Waals surface area (Å²) in [5.74, 6) is -0.707. The Morgan fingerprint density at radius 1 is 1.56 bits per heavy atom. The van der Waals surface area contributed by atoms with Crippen LogP contribution in [0, 0.1) is 5.82 Å². The van der Waals surface area contributed by atoms with Gasteiger partial charge < -0.3 is 10.2 Å². The molecule has 0 aliphatic carbocycles. The van der Waals surface area contributed by atoms with Crippen LogP contribution in [0.2, 0.25) is 0 Å². The zero-order chi connectivity index (χ0) is 12.4. The Balaban J connectivity index is 0.00000162. The van der Waals surface area contributed by atoms with Crippen LogP contribution in [0.1, 0.15) is 17.3 Å². The van der Waals surface area contributed by atoms with E-state index in [9.17, 15) is 9.18 Å². The van der Waals surface area contributed by atoms with E-state index in [0.29, 0.717) is 17.6 Å². The molecule has 0 spiro atoms. The Kier molecular flexibility index (Phi) is 5.56. The van der Waals surface area contributed by atoms with Crippen LogP contribution in [0.25, 0.3) is 0 Å². The summed E-state index contributed by atoms with van der Waals surface area (Å²) in [6.07, 6.45) is 0. The molecule has 1 aromatic rings. The monoisotopic (exact) mass is 336 g/mol. The lowest BCUT2D eigenvalue weighted by atomic mass is 10.1. The second-order valence-corrected chi connectivity index (χ2v) is 5.15. The summed E-state index contributed by atoms with van der Waals surface area (Å²) < 4.78 is 14.3. The predicted molar refractivity (Wildman–Crippen MR) is 74.7 cm³/mol. The van der Waals surface area contributed by atoms with Gasteiger partial charge in [-0.1, -0.05) is 15.9 Å². The number of carbonyl (C=O) groups excluding carboxylic acids is 1. The maximum atomic E-state index is 13.6. The fraction of sp³-hybridized carbons (Fsp3) is 0.417. The molecule has 1 amide bonds. The number of rotatable bonds is 1. The molecule has 1 aliphatic rings. The maximum Gasteiger partial charge on any atom is 0.256 e. The Morgan fingerprint density at radius 3 is 2.94 bits per heavy atom. The van der Waals surface area contributed by atoms with E-state index >= 15 is 0 Å². The summed E-state index contributed by atoms with van der Waals surface area (Å²) in [7, 11) is 0. The van der Waals surface area contributed by atoms with Crippen molar-refractivity contribution in [1.82, 2.24) is 10.2 Å². The summed E-state index contributed by atoms with van der Waals surface area (Å²) in [5, 5.41) is 3.25. The summed E-state index contributed by atoms with van der Waals surface area (Å²) in [4.78, 5) is 13.8. The number of nitrogens with zero attached hydrogens (tertiary/aromatic N) is 1. The van der Waals surface area contributed by atoms with Gasteiger partial charge in [0.1, 0.15) is 5.82 Å². The van der Waals surface area contributed by atoms with Crippen molar-refractivity contribution in [1.29, 1.82) is 0 Å². The second kappa shape index (κ2) is 6.50. The number of hydrogen-bond acceptors (Lipinski definition) is 2. The summed E-state index contributed by atoms with van der Waals surface area (Å²) in [6, 6.07) is 4.68. The van der Waals surface area contributed by atoms with Gasteiger partial charge >= 0.3 is 0 Å². The van der Waals surface area contributed by atoms with Gasteiger partial charge in [-0.25, -0.2) is 4.39 Å². The van der Waals surface area contributed by atoms with Gasteiger partial charge in [-0.2, -0.15) is 0 Å². The van der Waals surface area contributed by atoms with Gasteiger partial charge in [-0.3, -0.25) is 4.79 Å². The number of benzene rings is 1. The Morgan fingerprint density at radius 2 is 2.28 bits per heavy atom. The van der Waals surface area contributed by atoms with E-state index in [4.69, 9.17) is 0 Å². The van der Waals surface area contributed by atoms with Crippen molar-refractivity contribution in [3.05, 3.63) is 34.1 Å². The molecule has 0 bridgehead atoms. The standard InChI is InChI=1S/C12H14BrFN2O.ClH/c1-8-7-16(5-4-15-8)12(17)10-6-9(13)2-3-11(10)14;/h2-3,6,8,15H,4-5,7H2,1H3;1H/t8-;/m0./s1. The molecule has 0 aromatic heterocycles. The molecule has 1 heterocycles. The van der Waals surface area contributed by atoms with Crippen molar-refractivity contribution >= 4 is 34.2 Å². The fourth-order valence-corrected chi connectivity index (χ4v) is 2.31. The van der Waals surface area contributed by atoms with Crippen LogP contribution in [0.4, 0.5) is 4.39 Å². The molecule has 2 rings (SSSR count). The van der Waals surface area contributed by atoms with Crippen LogP contribution >= 0.6 is 28.3 Å². The van der Waals surface area contributed by atoms with Gasteiger partial charge in [0, 0.05) is 30.1 Å². The van der Waals surface area contributed by atoms with Gasteiger partial charge in [-0.05, 0) is 25.1 Å². The largest absolute Gasteiger partial charge is 0.336 e. The van der Waals surface area contributed by atoms with Gasteiger partial charge in [0.25, 0.3) is 5.91 Å². The molecule has 18 heavy (non-hydrogen) atoms. The number of nitrogens with one attached hydrogen (secondary N) is 1. The normalized spacial score (nSPS) is 19.3. The van der Waals surface area contributed by atoms with E-state index in [-0.39, 0.29) is 29.9 Å². The number of amides is 1. The number of hydrogen-bond donors (Lipinski definition) is 1. The highest BCUT2D eigenvalue weighted by molar-refractivity contribution is 9.10. The molecule has 100 valence electrons. The highest BCUT2D eigenvalue weighted by atomic mass is 79.9. The topological polar surface area (TPSA) is 32.3 Å². The van der Waals surface area contributed by atoms with E-state index in [0.717, 1.165) is 6.54 Å². The lowest BCUT2D eigenvalue weighted by molar-refractivity contribution is 0.0704. The lowest BCUT2D eigenvalue weighted by Gasteiger charge is -2.32. The maximum absolute atomic E-state index is 13.6. The van der Waals surface area contributed by atoms with E-state index in [1.54, 1.807) is 11.0 Å². The molecule has 1 saturated heterocycles. The van der Waals surface area contributed by atoms with Crippen molar-refractivity contribution in [3.63, 3.8) is 0 Å². The Bertz CT molecular complexity index is 444. The van der Waals surface area contributed by atoms with Crippen molar-refractivity contribution in [3.8, 4) is 0 Å². The number of carbonyl (C=O) groups is 1. The van der Waals surface area contributed by atoms with Crippen molar-refractivity contribution < 1.29 is 9.18 Å². The fourth-order valence-electron chi connectivity index (χ4n) is 1.95. The van der Waals surface area contributed by atoms with Crippen LogP contribution in [0.3, 0.4) is 0 Å². The molecular weight excluding hydrogens is 322 g/mol. The van der Waals surface area contributed by atoms with E-state index in [1.807, 2.05) is 6.92 Å². The minimum atomic E-state index is -0.468. The summed E-state index contributed by atoms with van der Waals surface area (Å²) in [5.41, 5.74) is 0.133. The highest BCUT2D eigenvalue weighted by Crippen LogP contribution is 2.18. The molecule has 0 unspecified atom stereocenters. The lowest BCUT2D eigenvalue weighted by Crippen LogP contribution is -2.51. The number of piperazine rings is 1. The van der Waals surface area contributed by atoms with Crippen LogP contribution < -0.4 is 5.32 Å². The first-order valence-electron chi connectivity index (χ1n) is 5.55. The molecular formula is C12H15BrClFN2O. The van der Waals surface area contributed by atoms with Crippen LogP contribution in [-0.2, 0) is 0 Å². The summed E-state index contributed by atoms with van der Waals surface area (Å²) in [6.45, 7) is 4.00. The van der Waals surface area contributed by atoms with Gasteiger partial charge in [-0.15, -0.1) is 12.4 Å². The first kappa shape index (κ1) is 15.4. The molecule has 1 atom stereocenters. The minimum Gasteiger partial charge on any atom is -0.336 e. The average Bonchev–Trinajstić information content (AvgIpc) is 2.31. The van der Waals surface area contributed by atoms with E-state index in [1.165, 1.54) is 12.1 Å². The number of halogens is 3. The second-order valence-electron chi connectivity index (χ2n) is 4.23. The Hall–Kier alpha value is -0.650. The van der Waals surface area contributed by atoms with Crippen LogP contribution in [0.5, 0.6) is 0 Å². The molecule has 6 heteroatoms. The molecule has 3 nitrogen and oxygen atoms in total. The van der Waals surface area contributed by atoms with Crippen molar-refractivity contribution in [2.45, 2.75) is 13.0 Å². The minimum absolute atomic E-state index is 0. The molecule has 0 saturated carbocycles. The zero-order valence-corrected chi connectivity index (χ0v) is 12.4. The molecule has 1 N–H and O–H groups in total. The van der Waals surface area contributed by atoms with Gasteiger partial charge in [0.15, 0.2) is 0 Å². The molecule has 0 radical (unpaired) electrons.